The van der Waals surface area contributed by atoms with Crippen molar-refractivity contribution in [3.63, 3.8) is 0 Å². The SMILES string of the molecule is COc1cccc(NC(=O)[C@H]2c3cc(OC)c(OC)cc3C(=O)N3CCc4ccccc4[C@H]23)c1. The Morgan fingerprint density at radius 1 is 0.912 bits per heavy atom. The molecule has 0 unspecified atom stereocenters. The molecule has 5 rings (SSSR count). The lowest BCUT2D eigenvalue weighted by Gasteiger charge is -2.45. The first-order valence-corrected chi connectivity index (χ1v) is 11.1. The monoisotopic (exact) mass is 458 g/mol. The van der Waals surface area contributed by atoms with E-state index in [2.05, 4.69) is 11.4 Å². The molecule has 1 N–H and O–H groups in total. The average molecular weight is 459 g/mol. The molecule has 3 aromatic rings. The maximum atomic E-state index is 13.9. The third kappa shape index (κ3) is 3.53. The van der Waals surface area contributed by atoms with Gasteiger partial charge in [-0.3, -0.25) is 9.59 Å². The van der Waals surface area contributed by atoms with E-state index in [-0.39, 0.29) is 11.8 Å². The van der Waals surface area contributed by atoms with E-state index in [1.54, 1.807) is 32.4 Å². The Morgan fingerprint density at radius 3 is 2.44 bits per heavy atom. The van der Waals surface area contributed by atoms with Crippen LogP contribution in [0.1, 0.15) is 39.0 Å². The van der Waals surface area contributed by atoms with Crippen LogP contribution in [-0.2, 0) is 11.2 Å². The minimum Gasteiger partial charge on any atom is -0.497 e. The summed E-state index contributed by atoms with van der Waals surface area (Å²) in [4.78, 5) is 29.3. The van der Waals surface area contributed by atoms with E-state index in [1.165, 1.54) is 7.11 Å². The summed E-state index contributed by atoms with van der Waals surface area (Å²) in [7, 11) is 4.66. The smallest absolute Gasteiger partial charge is 0.254 e. The van der Waals surface area contributed by atoms with Crippen molar-refractivity contribution in [3.05, 3.63) is 82.9 Å². The minimum absolute atomic E-state index is 0.110. The first kappa shape index (κ1) is 21.8. The Bertz CT molecular complexity index is 1270. The van der Waals surface area contributed by atoms with Gasteiger partial charge in [0.15, 0.2) is 11.5 Å². The lowest BCUT2D eigenvalue weighted by molar-refractivity contribution is -0.119. The zero-order valence-electron chi connectivity index (χ0n) is 19.3. The number of carbonyl (C=O) groups excluding carboxylic acids is 2. The first-order valence-electron chi connectivity index (χ1n) is 11.1. The molecule has 0 spiro atoms. The molecule has 2 atom stereocenters. The number of anilines is 1. The molecule has 0 fully saturated rings. The van der Waals surface area contributed by atoms with Gasteiger partial charge < -0.3 is 24.4 Å². The highest BCUT2D eigenvalue weighted by molar-refractivity contribution is 6.05. The molecule has 2 aliphatic rings. The number of amides is 2. The summed E-state index contributed by atoms with van der Waals surface area (Å²) in [5, 5.41) is 3.04. The van der Waals surface area contributed by atoms with Gasteiger partial charge in [-0.2, -0.15) is 0 Å². The number of rotatable bonds is 5. The molecule has 0 aromatic heterocycles. The van der Waals surface area contributed by atoms with Crippen molar-refractivity contribution >= 4 is 17.5 Å². The summed E-state index contributed by atoms with van der Waals surface area (Å²) in [5.41, 5.74) is 3.85. The van der Waals surface area contributed by atoms with Crippen LogP contribution in [0, 0.1) is 0 Å². The van der Waals surface area contributed by atoms with E-state index >= 15 is 0 Å². The van der Waals surface area contributed by atoms with Gasteiger partial charge >= 0.3 is 0 Å². The summed E-state index contributed by atoms with van der Waals surface area (Å²) in [6.07, 6.45) is 0.741. The third-order valence-electron chi connectivity index (χ3n) is 6.65. The van der Waals surface area contributed by atoms with Crippen molar-refractivity contribution in [1.29, 1.82) is 0 Å². The van der Waals surface area contributed by atoms with Crippen LogP contribution in [0.5, 0.6) is 17.2 Å². The van der Waals surface area contributed by atoms with E-state index in [9.17, 15) is 9.59 Å². The molecule has 2 heterocycles. The molecule has 7 nitrogen and oxygen atoms in total. The molecule has 0 saturated carbocycles. The molecule has 2 amide bonds. The van der Waals surface area contributed by atoms with Gasteiger partial charge in [-0.05, 0) is 47.4 Å². The Morgan fingerprint density at radius 2 is 1.68 bits per heavy atom. The summed E-state index contributed by atoms with van der Waals surface area (Å²) in [6.45, 7) is 0.539. The number of fused-ring (bicyclic) bond motifs is 4. The number of hydrogen-bond acceptors (Lipinski definition) is 5. The van der Waals surface area contributed by atoms with E-state index < -0.39 is 12.0 Å². The average Bonchev–Trinajstić information content (AvgIpc) is 2.88. The molecular weight excluding hydrogens is 432 g/mol. The molecule has 7 heteroatoms. The Balaban J connectivity index is 1.66. The predicted molar refractivity (Wildman–Crippen MR) is 128 cm³/mol. The highest BCUT2D eigenvalue weighted by Gasteiger charge is 2.47. The number of carbonyl (C=O) groups is 2. The second-order valence-electron chi connectivity index (χ2n) is 8.39. The number of methoxy groups -OCH3 is 3. The minimum atomic E-state index is -0.639. The number of nitrogens with one attached hydrogen (secondary N) is 1. The first-order chi connectivity index (χ1) is 16.5. The summed E-state index contributed by atoms with van der Waals surface area (Å²) in [6, 6.07) is 18.3. The van der Waals surface area contributed by atoms with Crippen molar-refractivity contribution in [2.45, 2.75) is 18.4 Å². The number of benzene rings is 3. The standard InChI is InChI=1S/C27H26N2O5/c1-32-18-9-6-8-17(13-18)28-26(30)24-20-14-22(33-2)23(34-3)15-21(20)27(31)29-12-11-16-7-4-5-10-19(16)25(24)29/h4-10,13-15,24-25H,11-12H2,1-3H3,(H,28,30)/t24-,25+/m0/s1. The second-order valence-corrected chi connectivity index (χ2v) is 8.39. The number of nitrogens with zero attached hydrogens (tertiary/aromatic N) is 1. The zero-order valence-corrected chi connectivity index (χ0v) is 19.3. The second kappa shape index (κ2) is 8.74. The van der Waals surface area contributed by atoms with Gasteiger partial charge in [0.2, 0.25) is 5.91 Å². The highest BCUT2D eigenvalue weighted by Crippen LogP contribution is 2.48. The normalized spacial score (nSPS) is 18.3. The lowest BCUT2D eigenvalue weighted by Crippen LogP contribution is -2.49. The number of ether oxygens (including phenoxy) is 3. The van der Waals surface area contributed by atoms with E-state index in [0.29, 0.717) is 40.6 Å². The highest BCUT2D eigenvalue weighted by atomic mass is 16.5. The van der Waals surface area contributed by atoms with Gasteiger partial charge in [-0.25, -0.2) is 0 Å². The molecule has 3 aromatic carbocycles. The van der Waals surface area contributed by atoms with Crippen LogP contribution in [-0.4, -0.2) is 44.6 Å². The summed E-state index contributed by atoms with van der Waals surface area (Å²) >= 11 is 0. The van der Waals surface area contributed by atoms with Crippen molar-refractivity contribution in [2.24, 2.45) is 0 Å². The van der Waals surface area contributed by atoms with Crippen LogP contribution in [0.25, 0.3) is 0 Å². The van der Waals surface area contributed by atoms with Crippen molar-refractivity contribution in [2.75, 3.05) is 33.2 Å². The molecule has 174 valence electrons. The van der Waals surface area contributed by atoms with Crippen molar-refractivity contribution < 1.29 is 23.8 Å². The van der Waals surface area contributed by atoms with Gasteiger partial charge in [-0.15, -0.1) is 0 Å². The van der Waals surface area contributed by atoms with Crippen LogP contribution in [0.3, 0.4) is 0 Å². The summed E-state index contributed by atoms with van der Waals surface area (Å²) < 4.78 is 16.3. The molecule has 2 aliphatic heterocycles. The van der Waals surface area contributed by atoms with Crippen LogP contribution in [0.15, 0.2) is 60.7 Å². The van der Waals surface area contributed by atoms with Crippen LogP contribution >= 0.6 is 0 Å². The van der Waals surface area contributed by atoms with Crippen LogP contribution in [0.4, 0.5) is 5.69 Å². The molecule has 0 aliphatic carbocycles. The Kier molecular flexibility index (Phi) is 5.61. The van der Waals surface area contributed by atoms with Crippen molar-refractivity contribution in [1.82, 2.24) is 4.90 Å². The Labute approximate surface area is 198 Å². The van der Waals surface area contributed by atoms with E-state index in [4.69, 9.17) is 14.2 Å². The van der Waals surface area contributed by atoms with Crippen LogP contribution < -0.4 is 19.5 Å². The van der Waals surface area contributed by atoms with Crippen LogP contribution in [0.2, 0.25) is 0 Å². The number of hydrogen-bond donors (Lipinski definition) is 1. The van der Waals surface area contributed by atoms with E-state index in [0.717, 1.165) is 17.5 Å². The molecular formula is C27H26N2O5. The largest absolute Gasteiger partial charge is 0.497 e. The van der Waals surface area contributed by atoms with E-state index in [1.807, 2.05) is 41.3 Å². The van der Waals surface area contributed by atoms with Gasteiger partial charge in [0.25, 0.3) is 5.91 Å². The molecule has 0 saturated heterocycles. The topological polar surface area (TPSA) is 77.1 Å². The lowest BCUT2D eigenvalue weighted by atomic mass is 9.75. The van der Waals surface area contributed by atoms with Gasteiger partial charge in [0.1, 0.15) is 5.75 Å². The fourth-order valence-corrected chi connectivity index (χ4v) is 5.05. The molecule has 34 heavy (non-hydrogen) atoms. The quantitative estimate of drug-likeness (QED) is 0.621. The summed E-state index contributed by atoms with van der Waals surface area (Å²) in [5.74, 6) is 0.623. The fourth-order valence-electron chi connectivity index (χ4n) is 5.05. The maximum absolute atomic E-state index is 13.9. The Hall–Kier alpha value is -4.00. The fraction of sp³-hybridized carbons (Fsp3) is 0.259. The van der Waals surface area contributed by atoms with Crippen molar-refractivity contribution in [3.8, 4) is 17.2 Å². The molecule has 0 radical (unpaired) electrons. The van der Waals surface area contributed by atoms with Gasteiger partial charge in [0.05, 0.1) is 33.3 Å². The van der Waals surface area contributed by atoms with Gasteiger partial charge in [0, 0.05) is 23.9 Å². The molecule has 0 bridgehead atoms. The third-order valence-corrected chi connectivity index (χ3v) is 6.65. The predicted octanol–water partition coefficient (Wildman–Crippen LogP) is 4.19. The zero-order chi connectivity index (χ0) is 23.8. The maximum Gasteiger partial charge on any atom is 0.254 e. The van der Waals surface area contributed by atoms with Gasteiger partial charge in [-0.1, -0.05) is 30.3 Å².